The van der Waals surface area contributed by atoms with Crippen molar-refractivity contribution in [2.24, 2.45) is 0 Å². The minimum Gasteiger partial charge on any atom is -0.497 e. The van der Waals surface area contributed by atoms with Crippen LogP contribution >= 0.6 is 0 Å². The van der Waals surface area contributed by atoms with Gasteiger partial charge in [-0.1, -0.05) is 52.3 Å². The topological polar surface area (TPSA) is 42.2 Å². The van der Waals surface area contributed by atoms with Crippen LogP contribution in [0.5, 0.6) is 11.5 Å². The summed E-state index contributed by atoms with van der Waals surface area (Å²) in [4.78, 5) is 0. The zero-order valence-corrected chi connectivity index (χ0v) is 18.0. The molecule has 0 heterocycles. The molecule has 0 amide bonds. The molecule has 0 aromatic heterocycles. The van der Waals surface area contributed by atoms with E-state index in [2.05, 4.69) is 45.9 Å². The van der Waals surface area contributed by atoms with Crippen molar-refractivity contribution in [3.05, 3.63) is 64.7 Å². The molecule has 0 N–H and O–H groups in total. The Morgan fingerprint density at radius 1 is 0.889 bits per heavy atom. The van der Waals surface area contributed by atoms with Gasteiger partial charge in [-0.15, -0.1) is 0 Å². The van der Waals surface area contributed by atoms with Gasteiger partial charge in [-0.05, 0) is 53.8 Å². The molecule has 0 bridgehead atoms. The second-order valence-corrected chi connectivity index (χ2v) is 5.79. The lowest BCUT2D eigenvalue weighted by Crippen LogP contribution is -1.94. The number of benzene rings is 2. The Morgan fingerprint density at radius 3 is 1.81 bits per heavy atom. The van der Waals surface area contributed by atoms with Crippen molar-refractivity contribution in [2.75, 3.05) is 14.2 Å². The van der Waals surface area contributed by atoms with Gasteiger partial charge >= 0.3 is 0 Å². The third-order valence-corrected chi connectivity index (χ3v) is 3.69. The maximum absolute atomic E-state index is 9.15. The van der Waals surface area contributed by atoms with E-state index in [1.807, 2.05) is 38.1 Å². The monoisotopic (exact) mass is 367 g/mol. The normalized spacial score (nSPS) is 9.81. The molecule has 0 spiro atoms. The van der Waals surface area contributed by atoms with Gasteiger partial charge in [-0.2, -0.15) is 5.26 Å². The molecule has 2 aromatic carbocycles. The van der Waals surface area contributed by atoms with Gasteiger partial charge in [-0.3, -0.25) is 0 Å². The number of methoxy groups -OCH3 is 2. The van der Waals surface area contributed by atoms with E-state index in [1.54, 1.807) is 20.3 Å². The van der Waals surface area contributed by atoms with Crippen molar-refractivity contribution in [1.82, 2.24) is 0 Å². The van der Waals surface area contributed by atoms with Crippen LogP contribution in [0.25, 0.3) is 5.57 Å². The maximum Gasteiger partial charge on any atom is 0.123 e. The van der Waals surface area contributed by atoms with Gasteiger partial charge in [0.25, 0.3) is 0 Å². The molecular weight excluding hydrogens is 334 g/mol. The molecule has 0 unspecified atom stereocenters. The van der Waals surface area contributed by atoms with E-state index in [9.17, 15) is 0 Å². The molecule has 2 rings (SSSR count). The Labute approximate surface area is 165 Å². The number of ether oxygens (including phenoxy) is 2. The van der Waals surface area contributed by atoms with Gasteiger partial charge in [0.15, 0.2) is 0 Å². The van der Waals surface area contributed by atoms with Gasteiger partial charge in [0.05, 0.1) is 20.3 Å². The smallest absolute Gasteiger partial charge is 0.123 e. The third-order valence-electron chi connectivity index (χ3n) is 3.69. The van der Waals surface area contributed by atoms with Crippen molar-refractivity contribution < 1.29 is 9.47 Å². The van der Waals surface area contributed by atoms with Crippen LogP contribution < -0.4 is 9.47 Å². The second-order valence-electron chi connectivity index (χ2n) is 5.79. The molecule has 0 saturated heterocycles. The number of hydrogen-bond acceptors (Lipinski definition) is 3. The first-order valence-corrected chi connectivity index (χ1v) is 9.41. The Hall–Kier alpha value is -2.73. The Kier molecular flexibility index (Phi) is 12.1. The lowest BCUT2D eigenvalue weighted by molar-refractivity contribution is 0.394. The highest BCUT2D eigenvalue weighted by molar-refractivity contribution is 5.82. The summed E-state index contributed by atoms with van der Waals surface area (Å²) in [6, 6.07) is 13.9. The molecular formula is C24H33NO2. The lowest BCUT2D eigenvalue weighted by Gasteiger charge is -2.12. The first-order chi connectivity index (χ1) is 13.0. The van der Waals surface area contributed by atoms with Gasteiger partial charge in [0.1, 0.15) is 11.5 Å². The zero-order chi connectivity index (χ0) is 20.8. The largest absolute Gasteiger partial charge is 0.497 e. The second kappa shape index (κ2) is 13.5. The van der Waals surface area contributed by atoms with Crippen molar-refractivity contribution in [3.8, 4) is 17.6 Å². The fraction of sp³-hybridized carbons (Fsp3) is 0.375. The average Bonchev–Trinajstić information content (AvgIpc) is 2.70. The molecule has 3 heteroatoms. The summed E-state index contributed by atoms with van der Waals surface area (Å²) in [6.07, 6.45) is 2.80. The van der Waals surface area contributed by atoms with E-state index < -0.39 is 0 Å². The Balaban J connectivity index is 0.00000123. The van der Waals surface area contributed by atoms with E-state index in [0.717, 1.165) is 16.7 Å². The van der Waals surface area contributed by atoms with Crippen LogP contribution in [0.1, 0.15) is 56.4 Å². The van der Waals surface area contributed by atoms with Crippen LogP contribution in [0.3, 0.4) is 0 Å². The molecule has 0 aliphatic rings. The fourth-order valence-electron chi connectivity index (χ4n) is 2.27. The Morgan fingerprint density at radius 2 is 1.41 bits per heavy atom. The van der Waals surface area contributed by atoms with Gasteiger partial charge in [-0.25, -0.2) is 0 Å². The lowest BCUT2D eigenvalue weighted by atomic mass is 9.94. The SMILES string of the molecule is CC.CCC.COc1cc(OC)cc(/C(=C/C#N)c2ccc(C)c(C)c2)c1. The summed E-state index contributed by atoms with van der Waals surface area (Å²) in [5.74, 6) is 1.39. The van der Waals surface area contributed by atoms with Crippen LogP contribution in [-0.4, -0.2) is 14.2 Å². The van der Waals surface area contributed by atoms with Crippen molar-refractivity contribution in [2.45, 2.75) is 48.0 Å². The van der Waals surface area contributed by atoms with Crippen molar-refractivity contribution in [1.29, 1.82) is 5.26 Å². The summed E-state index contributed by atoms with van der Waals surface area (Å²) < 4.78 is 10.6. The van der Waals surface area contributed by atoms with E-state index in [1.165, 1.54) is 17.5 Å². The summed E-state index contributed by atoms with van der Waals surface area (Å²) >= 11 is 0. The number of nitriles is 1. The van der Waals surface area contributed by atoms with Gasteiger partial charge < -0.3 is 9.47 Å². The van der Waals surface area contributed by atoms with Gasteiger partial charge in [0, 0.05) is 12.1 Å². The predicted octanol–water partition coefficient (Wildman–Crippen LogP) is 6.72. The number of rotatable bonds is 4. The van der Waals surface area contributed by atoms with Gasteiger partial charge in [0.2, 0.25) is 0 Å². The standard InChI is InChI=1S/C19H19NO2.C3H8.C2H6/c1-13-5-6-15(9-14(13)2)19(7-8-20)16-10-17(21-3)12-18(11-16)22-4;1-3-2;1-2/h5-7,9-12H,1-4H3;3H2,1-2H3;1-2H3/b19-7+;;. The maximum atomic E-state index is 9.15. The zero-order valence-electron chi connectivity index (χ0n) is 18.0. The number of allylic oxidation sites excluding steroid dienone is 1. The van der Waals surface area contributed by atoms with E-state index >= 15 is 0 Å². The molecule has 0 aliphatic carbocycles. The highest BCUT2D eigenvalue weighted by Crippen LogP contribution is 2.31. The number of hydrogen-bond donors (Lipinski definition) is 0. The fourth-order valence-corrected chi connectivity index (χ4v) is 2.27. The molecule has 3 nitrogen and oxygen atoms in total. The van der Waals surface area contributed by atoms with Crippen LogP contribution in [0.4, 0.5) is 0 Å². The van der Waals surface area contributed by atoms with E-state index in [0.29, 0.717) is 11.5 Å². The Bertz CT molecular complexity index is 748. The summed E-state index contributed by atoms with van der Waals surface area (Å²) in [5, 5.41) is 9.15. The van der Waals surface area contributed by atoms with E-state index in [-0.39, 0.29) is 0 Å². The molecule has 0 fully saturated rings. The first-order valence-electron chi connectivity index (χ1n) is 9.41. The summed E-state index contributed by atoms with van der Waals surface area (Å²) in [5.41, 5.74) is 5.16. The van der Waals surface area contributed by atoms with Crippen LogP contribution in [-0.2, 0) is 0 Å². The highest BCUT2D eigenvalue weighted by Gasteiger charge is 2.10. The molecule has 146 valence electrons. The molecule has 0 saturated carbocycles. The van der Waals surface area contributed by atoms with E-state index in [4.69, 9.17) is 14.7 Å². The average molecular weight is 368 g/mol. The van der Waals surface area contributed by atoms with Crippen molar-refractivity contribution >= 4 is 5.57 Å². The number of aryl methyl sites for hydroxylation is 2. The molecule has 0 aliphatic heterocycles. The molecule has 0 atom stereocenters. The molecule has 0 radical (unpaired) electrons. The quantitative estimate of drug-likeness (QED) is 0.563. The predicted molar refractivity (Wildman–Crippen MR) is 115 cm³/mol. The van der Waals surface area contributed by atoms with Crippen molar-refractivity contribution in [3.63, 3.8) is 0 Å². The molecule has 27 heavy (non-hydrogen) atoms. The molecule has 2 aromatic rings. The van der Waals surface area contributed by atoms with Crippen LogP contribution in [0, 0.1) is 25.2 Å². The van der Waals surface area contributed by atoms with Crippen LogP contribution in [0.2, 0.25) is 0 Å². The number of nitrogens with zero attached hydrogens (tertiary/aromatic N) is 1. The minimum atomic E-state index is 0.696. The first kappa shape index (κ1) is 24.3. The summed E-state index contributed by atoms with van der Waals surface area (Å²) in [6.45, 7) is 12.4. The summed E-state index contributed by atoms with van der Waals surface area (Å²) in [7, 11) is 3.23. The van der Waals surface area contributed by atoms with Crippen LogP contribution in [0.15, 0.2) is 42.5 Å². The highest BCUT2D eigenvalue weighted by atomic mass is 16.5. The third kappa shape index (κ3) is 7.58. The minimum absolute atomic E-state index is 0.696.